The fourth-order valence-electron chi connectivity index (χ4n) is 3.85. The van der Waals surface area contributed by atoms with E-state index >= 15 is 0 Å². The molecule has 156 valence electrons. The molecule has 2 aromatic rings. The van der Waals surface area contributed by atoms with E-state index in [1.165, 1.54) is 24.1 Å². The maximum atomic E-state index is 12.3. The Morgan fingerprint density at radius 1 is 1.17 bits per heavy atom. The van der Waals surface area contributed by atoms with Gasteiger partial charge in [0.25, 0.3) is 0 Å². The monoisotopic (exact) mass is 394 g/mol. The molecule has 4 nitrogen and oxygen atoms in total. The first-order chi connectivity index (χ1) is 14.0. The number of amides is 1. The van der Waals surface area contributed by atoms with Gasteiger partial charge in [-0.3, -0.25) is 4.79 Å². The highest BCUT2D eigenvalue weighted by molar-refractivity contribution is 5.76. The summed E-state index contributed by atoms with van der Waals surface area (Å²) >= 11 is 0. The predicted molar refractivity (Wildman–Crippen MR) is 120 cm³/mol. The number of benzene rings is 2. The molecule has 0 unspecified atom stereocenters. The third kappa shape index (κ3) is 6.52. The van der Waals surface area contributed by atoms with Gasteiger partial charge in [-0.05, 0) is 68.9 Å². The Labute approximate surface area is 175 Å². The molecule has 3 rings (SSSR count). The maximum Gasteiger partial charge on any atom is 0.220 e. The van der Waals surface area contributed by atoms with Crippen molar-refractivity contribution in [2.75, 3.05) is 24.6 Å². The molecule has 0 saturated carbocycles. The van der Waals surface area contributed by atoms with Gasteiger partial charge in [0.1, 0.15) is 5.75 Å². The molecule has 29 heavy (non-hydrogen) atoms. The first-order valence-electron chi connectivity index (χ1n) is 10.8. The molecular weight excluding hydrogens is 360 g/mol. The summed E-state index contributed by atoms with van der Waals surface area (Å²) in [6.45, 7) is 9.24. The van der Waals surface area contributed by atoms with E-state index in [4.69, 9.17) is 4.74 Å². The molecule has 0 spiro atoms. The molecule has 4 heteroatoms. The van der Waals surface area contributed by atoms with E-state index in [1.807, 2.05) is 31.2 Å². The fourth-order valence-corrected chi connectivity index (χ4v) is 3.85. The van der Waals surface area contributed by atoms with Crippen molar-refractivity contribution in [2.24, 2.45) is 5.92 Å². The largest absolute Gasteiger partial charge is 0.494 e. The molecule has 0 aromatic heterocycles. The van der Waals surface area contributed by atoms with Crippen LogP contribution in [-0.4, -0.2) is 25.6 Å². The zero-order valence-corrected chi connectivity index (χ0v) is 18.0. The van der Waals surface area contributed by atoms with Crippen LogP contribution in [0.15, 0.2) is 48.5 Å². The van der Waals surface area contributed by atoms with Crippen molar-refractivity contribution in [3.63, 3.8) is 0 Å². The lowest BCUT2D eigenvalue weighted by Crippen LogP contribution is -2.34. The van der Waals surface area contributed by atoms with Crippen LogP contribution in [0.2, 0.25) is 0 Å². The van der Waals surface area contributed by atoms with E-state index in [-0.39, 0.29) is 11.9 Å². The zero-order valence-electron chi connectivity index (χ0n) is 18.0. The highest BCUT2D eigenvalue weighted by atomic mass is 16.5. The molecule has 2 aromatic carbocycles. The highest BCUT2D eigenvalue weighted by Crippen LogP contribution is 2.24. The summed E-state index contributed by atoms with van der Waals surface area (Å²) in [5.74, 6) is 1.68. The minimum atomic E-state index is 0.00912. The van der Waals surface area contributed by atoms with Gasteiger partial charge in [0.15, 0.2) is 0 Å². The minimum absolute atomic E-state index is 0.00912. The van der Waals surface area contributed by atoms with Crippen LogP contribution in [0.25, 0.3) is 0 Å². The van der Waals surface area contributed by atoms with Crippen LogP contribution in [0, 0.1) is 12.8 Å². The number of hydrogen-bond donors (Lipinski definition) is 1. The average Bonchev–Trinajstić information content (AvgIpc) is 2.72. The van der Waals surface area contributed by atoms with Crippen molar-refractivity contribution in [1.29, 1.82) is 0 Å². The lowest BCUT2D eigenvalue weighted by Gasteiger charge is -2.33. The van der Waals surface area contributed by atoms with Crippen LogP contribution in [0.1, 0.15) is 56.7 Å². The second-order valence-electron chi connectivity index (χ2n) is 8.34. The second kappa shape index (κ2) is 10.3. The van der Waals surface area contributed by atoms with Gasteiger partial charge in [0.2, 0.25) is 5.91 Å². The van der Waals surface area contributed by atoms with Crippen LogP contribution >= 0.6 is 0 Å². The van der Waals surface area contributed by atoms with Crippen LogP contribution in [0.4, 0.5) is 5.69 Å². The molecule has 1 N–H and O–H groups in total. The number of hydrogen-bond acceptors (Lipinski definition) is 3. The van der Waals surface area contributed by atoms with E-state index in [0.717, 1.165) is 30.3 Å². The van der Waals surface area contributed by atoms with E-state index in [1.54, 1.807) is 0 Å². The molecule has 1 fully saturated rings. The summed E-state index contributed by atoms with van der Waals surface area (Å²) in [6, 6.07) is 16.6. The van der Waals surface area contributed by atoms with Crippen LogP contribution in [0.5, 0.6) is 5.75 Å². The number of carbonyl (C=O) groups excluding carboxylic acids is 1. The maximum absolute atomic E-state index is 12.3. The fraction of sp³-hybridized carbons (Fsp3) is 0.480. The third-order valence-electron chi connectivity index (χ3n) is 5.63. The lowest BCUT2D eigenvalue weighted by molar-refractivity contribution is -0.121. The van der Waals surface area contributed by atoms with Crippen molar-refractivity contribution in [3.05, 3.63) is 59.7 Å². The Kier molecular flexibility index (Phi) is 7.56. The van der Waals surface area contributed by atoms with E-state index < -0.39 is 0 Å². The molecular formula is C25H34N2O2. The van der Waals surface area contributed by atoms with Gasteiger partial charge in [-0.2, -0.15) is 0 Å². The molecule has 1 saturated heterocycles. The average molecular weight is 395 g/mol. The van der Waals surface area contributed by atoms with Gasteiger partial charge in [-0.25, -0.2) is 0 Å². The summed E-state index contributed by atoms with van der Waals surface area (Å²) in [4.78, 5) is 14.7. The first kappa shape index (κ1) is 21.2. The van der Waals surface area contributed by atoms with Gasteiger partial charge in [0.05, 0.1) is 12.6 Å². The van der Waals surface area contributed by atoms with Crippen LogP contribution in [0.3, 0.4) is 0 Å². The summed E-state index contributed by atoms with van der Waals surface area (Å²) in [7, 11) is 0. The molecule has 1 aliphatic rings. The number of ether oxygens (including phenoxy) is 1. The summed E-state index contributed by atoms with van der Waals surface area (Å²) in [5.41, 5.74) is 3.64. The van der Waals surface area contributed by atoms with E-state index in [9.17, 15) is 4.79 Å². The number of nitrogens with zero attached hydrogens (tertiary/aromatic N) is 1. The smallest absolute Gasteiger partial charge is 0.220 e. The Morgan fingerprint density at radius 2 is 1.90 bits per heavy atom. The third-order valence-corrected chi connectivity index (χ3v) is 5.63. The van der Waals surface area contributed by atoms with Gasteiger partial charge in [-0.1, -0.05) is 36.8 Å². The highest BCUT2D eigenvalue weighted by Gasteiger charge is 2.17. The minimum Gasteiger partial charge on any atom is -0.494 e. The normalized spacial score (nSPS) is 17.6. The first-order valence-corrected chi connectivity index (χ1v) is 10.8. The molecule has 0 bridgehead atoms. The summed E-state index contributed by atoms with van der Waals surface area (Å²) in [5, 5.41) is 3.10. The number of carbonyl (C=O) groups is 1. The summed E-state index contributed by atoms with van der Waals surface area (Å²) < 4.78 is 5.69. The van der Waals surface area contributed by atoms with Gasteiger partial charge < -0.3 is 15.0 Å². The van der Waals surface area contributed by atoms with Crippen molar-refractivity contribution in [1.82, 2.24) is 5.32 Å². The van der Waals surface area contributed by atoms with Gasteiger partial charge in [0, 0.05) is 25.2 Å². The molecule has 1 aliphatic heterocycles. The number of nitrogens with one attached hydrogen (secondary N) is 1. The molecule has 0 aliphatic carbocycles. The van der Waals surface area contributed by atoms with Crippen molar-refractivity contribution in [3.8, 4) is 5.75 Å². The predicted octanol–water partition coefficient (Wildman–Crippen LogP) is 5.27. The van der Waals surface area contributed by atoms with Gasteiger partial charge >= 0.3 is 0 Å². The molecule has 0 radical (unpaired) electrons. The lowest BCUT2D eigenvalue weighted by atomic mass is 9.99. The Hall–Kier alpha value is -2.49. The molecule has 2 atom stereocenters. The van der Waals surface area contributed by atoms with Crippen LogP contribution < -0.4 is 15.0 Å². The number of piperidine rings is 1. The van der Waals surface area contributed by atoms with Crippen molar-refractivity contribution in [2.45, 2.75) is 52.5 Å². The summed E-state index contributed by atoms with van der Waals surface area (Å²) in [6.07, 6.45) is 3.77. The zero-order chi connectivity index (χ0) is 20.6. The van der Waals surface area contributed by atoms with Crippen molar-refractivity contribution < 1.29 is 9.53 Å². The standard InChI is InChI=1S/C25H34N2O2/c1-19-8-14-24(15-9-19)29-17-5-7-25(28)26-21(3)22-10-12-23(13-11-22)27-16-4-6-20(2)18-27/h8-15,20-21H,4-7,16-18H2,1-3H3,(H,26,28)/t20-,21+/m0/s1. The van der Waals surface area contributed by atoms with Gasteiger partial charge in [-0.15, -0.1) is 0 Å². The van der Waals surface area contributed by atoms with Crippen molar-refractivity contribution >= 4 is 11.6 Å². The Balaban J connectivity index is 1.40. The van der Waals surface area contributed by atoms with E-state index in [2.05, 4.69) is 48.3 Å². The number of rotatable bonds is 8. The Bertz CT molecular complexity index is 770. The molecule has 1 heterocycles. The SMILES string of the molecule is Cc1ccc(OCCCC(=O)N[C@H](C)c2ccc(N3CCC[C@H](C)C3)cc2)cc1. The number of anilines is 1. The topological polar surface area (TPSA) is 41.6 Å². The quantitative estimate of drug-likeness (QED) is 0.620. The van der Waals surface area contributed by atoms with E-state index in [0.29, 0.717) is 19.4 Å². The van der Waals surface area contributed by atoms with Crippen LogP contribution in [-0.2, 0) is 4.79 Å². The Morgan fingerprint density at radius 3 is 2.59 bits per heavy atom. The molecule has 1 amide bonds. The second-order valence-corrected chi connectivity index (χ2v) is 8.34. The number of aryl methyl sites for hydroxylation is 1.